The molecule has 0 radical (unpaired) electrons. The van der Waals surface area contributed by atoms with Gasteiger partial charge in [0.1, 0.15) is 11.4 Å². The third-order valence-electron chi connectivity index (χ3n) is 4.97. The van der Waals surface area contributed by atoms with Crippen LogP contribution in [0.4, 0.5) is 23.1 Å². The topological polar surface area (TPSA) is 153 Å². The molecule has 2 aromatic rings. The summed E-state index contributed by atoms with van der Waals surface area (Å²) in [5.74, 6) is 0.163. The summed E-state index contributed by atoms with van der Waals surface area (Å²) in [7, 11) is 1.96. The van der Waals surface area contributed by atoms with Gasteiger partial charge in [0.25, 0.3) is 5.91 Å². The van der Waals surface area contributed by atoms with Gasteiger partial charge < -0.3 is 27.1 Å². The number of hydrogen-bond donors (Lipinski definition) is 6. The molecule has 0 spiro atoms. The van der Waals surface area contributed by atoms with Crippen molar-refractivity contribution < 1.29 is 4.79 Å². The van der Waals surface area contributed by atoms with Gasteiger partial charge in [0.05, 0.1) is 11.9 Å². The van der Waals surface area contributed by atoms with Crippen molar-refractivity contribution in [2.75, 3.05) is 23.1 Å². The van der Waals surface area contributed by atoms with Crippen molar-refractivity contribution >= 4 is 41.5 Å². The van der Waals surface area contributed by atoms with Gasteiger partial charge in [-0.2, -0.15) is 10.1 Å². The van der Waals surface area contributed by atoms with E-state index in [0.717, 1.165) is 25.5 Å². The number of hydrazone groups is 1. The summed E-state index contributed by atoms with van der Waals surface area (Å²) in [5, 5.41) is 20.7. The second kappa shape index (κ2) is 10.3. The molecule has 2 atom stereocenters. The van der Waals surface area contributed by atoms with E-state index in [-0.39, 0.29) is 11.6 Å². The summed E-state index contributed by atoms with van der Waals surface area (Å²) in [4.78, 5) is 20.7. The number of carbonyl (C=O) groups excluding carboxylic acids is 1. The zero-order chi connectivity index (χ0) is 21.3. The summed E-state index contributed by atoms with van der Waals surface area (Å²) >= 11 is 0. The molecule has 10 nitrogen and oxygen atoms in total. The van der Waals surface area contributed by atoms with Crippen LogP contribution in [0.1, 0.15) is 36.0 Å². The number of aromatic nitrogens is 2. The van der Waals surface area contributed by atoms with Crippen LogP contribution >= 0.6 is 0 Å². The van der Waals surface area contributed by atoms with E-state index in [1.54, 1.807) is 6.07 Å². The van der Waals surface area contributed by atoms with E-state index >= 15 is 0 Å². The van der Waals surface area contributed by atoms with E-state index in [2.05, 4.69) is 36.4 Å². The van der Waals surface area contributed by atoms with E-state index < -0.39 is 5.91 Å². The first-order valence-corrected chi connectivity index (χ1v) is 9.86. The van der Waals surface area contributed by atoms with Crippen molar-refractivity contribution in [2.24, 2.45) is 10.8 Å². The second-order valence-corrected chi connectivity index (χ2v) is 7.01. The lowest BCUT2D eigenvalue weighted by Gasteiger charge is -2.32. The average molecular weight is 409 g/mol. The fourth-order valence-corrected chi connectivity index (χ4v) is 3.49. The Labute approximate surface area is 175 Å². The van der Waals surface area contributed by atoms with Gasteiger partial charge in [0.15, 0.2) is 0 Å². The highest BCUT2D eigenvalue weighted by Crippen LogP contribution is 2.24. The maximum Gasteiger partial charge on any atom is 0.254 e. The van der Waals surface area contributed by atoms with Gasteiger partial charge in [-0.3, -0.25) is 10.2 Å². The van der Waals surface area contributed by atoms with Crippen molar-refractivity contribution in [3.8, 4) is 0 Å². The van der Waals surface area contributed by atoms with Crippen LogP contribution in [-0.4, -0.2) is 47.4 Å². The number of hydrogen-bond acceptors (Lipinski definition) is 9. The molecule has 1 aliphatic rings. The Bertz CT molecular complexity index is 915. The van der Waals surface area contributed by atoms with Crippen molar-refractivity contribution in [1.29, 1.82) is 5.41 Å². The number of anilines is 4. The highest BCUT2D eigenvalue weighted by Gasteiger charge is 2.24. The van der Waals surface area contributed by atoms with Crippen LogP contribution in [0, 0.1) is 5.41 Å². The third kappa shape index (κ3) is 5.51. The minimum absolute atomic E-state index is 0.203. The molecule has 7 N–H and O–H groups in total. The fraction of sp³-hybridized carbons (Fsp3) is 0.350. The van der Waals surface area contributed by atoms with E-state index in [4.69, 9.17) is 11.1 Å². The number of amides is 1. The predicted molar refractivity (Wildman–Crippen MR) is 120 cm³/mol. The molecule has 1 amide bonds. The molecule has 10 heteroatoms. The Morgan fingerprint density at radius 2 is 2.03 bits per heavy atom. The maximum absolute atomic E-state index is 11.9. The Kier molecular flexibility index (Phi) is 7.28. The van der Waals surface area contributed by atoms with Crippen LogP contribution in [0.5, 0.6) is 0 Å². The Morgan fingerprint density at radius 1 is 1.27 bits per heavy atom. The number of nitrogens with one attached hydrogen (secondary N) is 5. The smallest absolute Gasteiger partial charge is 0.254 e. The first-order chi connectivity index (χ1) is 14.6. The Hall–Kier alpha value is -3.53. The normalized spacial score (nSPS) is 18.7. The minimum atomic E-state index is -0.611. The van der Waals surface area contributed by atoms with Crippen LogP contribution in [0.15, 0.2) is 35.6 Å². The van der Waals surface area contributed by atoms with Crippen LogP contribution in [-0.2, 0) is 0 Å². The minimum Gasteiger partial charge on any atom is -0.365 e. The Balaban J connectivity index is 1.81. The molecule has 1 aromatic carbocycles. The highest BCUT2D eigenvalue weighted by atomic mass is 16.1. The third-order valence-corrected chi connectivity index (χ3v) is 4.97. The molecule has 0 aliphatic heterocycles. The number of benzene rings is 1. The molecule has 1 aliphatic carbocycles. The fourth-order valence-electron chi connectivity index (χ4n) is 3.49. The number of likely N-dealkylation sites (N-methyl/N-ethyl adjacent to an activating group) is 1. The van der Waals surface area contributed by atoms with E-state index in [1.807, 2.05) is 25.2 Å². The van der Waals surface area contributed by atoms with Crippen molar-refractivity contribution in [3.63, 3.8) is 0 Å². The monoisotopic (exact) mass is 409 g/mol. The summed E-state index contributed by atoms with van der Waals surface area (Å²) in [6.07, 6.45) is 8.32. The largest absolute Gasteiger partial charge is 0.365 e. The summed E-state index contributed by atoms with van der Waals surface area (Å²) in [6.45, 7) is 0. The van der Waals surface area contributed by atoms with Crippen LogP contribution in [0.25, 0.3) is 0 Å². The molecule has 1 saturated carbocycles. The summed E-state index contributed by atoms with van der Waals surface area (Å²) in [5.41, 5.74) is 9.95. The molecule has 0 saturated heterocycles. The van der Waals surface area contributed by atoms with Gasteiger partial charge in [0, 0.05) is 30.2 Å². The lowest BCUT2D eigenvalue weighted by Crippen LogP contribution is -2.44. The standard InChI is InChI=1S/C20H27N9O/c1-23-16-7-2-3-8-17(16)27-20-24-12-15(18(22)30)19(28-20)26-13-5-4-6-14(11-13)29-25-10-9-21/h4-6,9-12,16-17,21,23,29H,2-3,7-8H2,1H3,(H2,22,30)(H2,24,26,27,28). The number of primary amides is 1. The van der Waals surface area contributed by atoms with E-state index in [0.29, 0.717) is 29.2 Å². The molecule has 1 heterocycles. The molecule has 30 heavy (non-hydrogen) atoms. The zero-order valence-corrected chi connectivity index (χ0v) is 16.9. The lowest BCUT2D eigenvalue weighted by molar-refractivity contribution is 0.100. The molecule has 1 aromatic heterocycles. The Morgan fingerprint density at radius 3 is 2.77 bits per heavy atom. The van der Waals surface area contributed by atoms with Gasteiger partial charge >= 0.3 is 0 Å². The van der Waals surface area contributed by atoms with E-state index in [9.17, 15) is 4.79 Å². The predicted octanol–water partition coefficient (Wildman–Crippen LogP) is 2.31. The SMILES string of the molecule is CNC1CCCCC1Nc1ncc(C(N)=O)c(Nc2cccc(NN=CC=N)c2)n1. The van der Waals surface area contributed by atoms with Crippen LogP contribution in [0.2, 0.25) is 0 Å². The number of nitrogens with zero attached hydrogens (tertiary/aromatic N) is 3. The van der Waals surface area contributed by atoms with Crippen molar-refractivity contribution in [3.05, 3.63) is 36.0 Å². The second-order valence-electron chi connectivity index (χ2n) is 7.01. The molecule has 1 fully saturated rings. The van der Waals surface area contributed by atoms with Gasteiger partial charge in [-0.1, -0.05) is 18.9 Å². The quantitative estimate of drug-likeness (QED) is 0.274. The highest BCUT2D eigenvalue weighted by molar-refractivity contribution is 6.14. The van der Waals surface area contributed by atoms with Crippen LogP contribution < -0.4 is 27.1 Å². The lowest BCUT2D eigenvalue weighted by atomic mass is 9.90. The summed E-state index contributed by atoms with van der Waals surface area (Å²) in [6, 6.07) is 7.86. The first-order valence-electron chi connectivity index (χ1n) is 9.86. The molecule has 158 valence electrons. The molecular weight excluding hydrogens is 382 g/mol. The van der Waals surface area contributed by atoms with E-state index in [1.165, 1.54) is 18.8 Å². The number of carbonyl (C=O) groups is 1. The number of rotatable bonds is 9. The summed E-state index contributed by atoms with van der Waals surface area (Å²) < 4.78 is 0. The van der Waals surface area contributed by atoms with Crippen LogP contribution in [0.3, 0.4) is 0 Å². The van der Waals surface area contributed by atoms with Gasteiger partial charge in [-0.25, -0.2) is 4.98 Å². The molecule has 2 unspecified atom stereocenters. The molecular formula is C20H27N9O. The van der Waals surface area contributed by atoms with Gasteiger partial charge in [0.2, 0.25) is 5.95 Å². The maximum atomic E-state index is 11.9. The van der Waals surface area contributed by atoms with Crippen molar-refractivity contribution in [2.45, 2.75) is 37.8 Å². The number of nitrogens with two attached hydrogens (primary N) is 1. The van der Waals surface area contributed by atoms with Gasteiger partial charge in [-0.05, 0) is 38.1 Å². The molecule has 3 rings (SSSR count). The van der Waals surface area contributed by atoms with Crippen molar-refractivity contribution in [1.82, 2.24) is 15.3 Å². The molecule has 0 bridgehead atoms. The van der Waals surface area contributed by atoms with Gasteiger partial charge in [-0.15, -0.1) is 0 Å². The zero-order valence-electron chi connectivity index (χ0n) is 16.9. The average Bonchev–Trinajstić information content (AvgIpc) is 2.74. The first kappa shape index (κ1) is 21.2.